The largest absolute Gasteiger partial charge is 0.507 e. The van der Waals surface area contributed by atoms with Gasteiger partial charge >= 0.3 is 0 Å². The number of halogens is 4. The van der Waals surface area contributed by atoms with Gasteiger partial charge in [0.1, 0.15) is 29.2 Å². The summed E-state index contributed by atoms with van der Waals surface area (Å²) in [7, 11) is 0. The zero-order valence-corrected chi connectivity index (χ0v) is 16.4. The number of hydrogen-bond acceptors (Lipinski definition) is 4. The number of nitrogens with zero attached hydrogens (tertiary/aromatic N) is 1. The van der Waals surface area contributed by atoms with Crippen LogP contribution in [0.5, 0.6) is 0 Å². The normalized spacial score (nSPS) is 18.3. The Balaban J connectivity index is 1.95. The lowest BCUT2D eigenvalue weighted by molar-refractivity contribution is -0.132. The Morgan fingerprint density at radius 3 is 2.43 bits per heavy atom. The van der Waals surface area contributed by atoms with Gasteiger partial charge in [-0.05, 0) is 42.5 Å². The molecule has 3 aromatic rings. The van der Waals surface area contributed by atoms with Crippen LogP contribution in [-0.2, 0) is 9.59 Å². The van der Waals surface area contributed by atoms with Gasteiger partial charge in [0, 0.05) is 11.6 Å². The van der Waals surface area contributed by atoms with Crippen molar-refractivity contribution in [2.75, 3.05) is 4.90 Å². The van der Waals surface area contributed by atoms with Crippen molar-refractivity contribution >= 4 is 46.3 Å². The van der Waals surface area contributed by atoms with E-state index in [2.05, 4.69) is 0 Å². The molecule has 0 spiro atoms. The number of anilines is 1. The second kappa shape index (κ2) is 7.59. The molecule has 0 saturated carbocycles. The minimum Gasteiger partial charge on any atom is -0.507 e. The first-order chi connectivity index (χ1) is 14.3. The molecule has 1 N–H and O–H groups in total. The van der Waals surface area contributed by atoms with E-state index in [1.54, 1.807) is 0 Å². The monoisotopic (exact) mass is 449 g/mol. The Labute approximate surface area is 178 Å². The molecule has 1 amide bonds. The number of hydrogen-bond donors (Lipinski definition) is 1. The van der Waals surface area contributed by atoms with Crippen LogP contribution in [0.25, 0.3) is 5.76 Å². The molecule has 1 aromatic heterocycles. The summed E-state index contributed by atoms with van der Waals surface area (Å²) in [6.07, 6.45) is 1.30. The molecule has 9 heteroatoms. The van der Waals surface area contributed by atoms with Gasteiger partial charge in [0.2, 0.25) is 0 Å². The van der Waals surface area contributed by atoms with Gasteiger partial charge in [0.25, 0.3) is 11.7 Å². The van der Waals surface area contributed by atoms with Crippen LogP contribution in [0.15, 0.2) is 64.8 Å². The van der Waals surface area contributed by atoms with E-state index in [1.807, 2.05) is 0 Å². The number of Topliss-reactive ketones (excluding diaryl/α,β-unsaturated/α-hetero) is 1. The fraction of sp³-hybridized carbons (Fsp3) is 0.0476. The predicted molar refractivity (Wildman–Crippen MR) is 106 cm³/mol. The van der Waals surface area contributed by atoms with Gasteiger partial charge in [-0.25, -0.2) is 8.78 Å². The Morgan fingerprint density at radius 1 is 1.03 bits per heavy atom. The second-order valence-corrected chi connectivity index (χ2v) is 7.22. The number of carbonyl (C=O) groups is 2. The van der Waals surface area contributed by atoms with E-state index in [0.717, 1.165) is 17.0 Å². The van der Waals surface area contributed by atoms with E-state index < -0.39 is 35.1 Å². The third kappa shape index (κ3) is 3.26. The number of carbonyl (C=O) groups excluding carboxylic acids is 2. The molecular formula is C21H11Cl2F2NO4. The van der Waals surface area contributed by atoms with E-state index in [1.165, 1.54) is 36.6 Å². The Kier molecular flexibility index (Phi) is 5.09. The van der Waals surface area contributed by atoms with Crippen LogP contribution >= 0.6 is 23.2 Å². The van der Waals surface area contributed by atoms with Crippen molar-refractivity contribution in [2.45, 2.75) is 6.04 Å². The topological polar surface area (TPSA) is 70.8 Å². The van der Waals surface area contributed by atoms with Crippen molar-refractivity contribution in [3.05, 3.63) is 93.4 Å². The van der Waals surface area contributed by atoms with Gasteiger partial charge in [-0.3, -0.25) is 14.5 Å². The van der Waals surface area contributed by atoms with E-state index >= 15 is 0 Å². The first-order valence-electron chi connectivity index (χ1n) is 8.54. The lowest BCUT2D eigenvalue weighted by atomic mass is 9.99. The highest BCUT2D eigenvalue weighted by Crippen LogP contribution is 2.43. The number of ketones is 1. The standard InChI is InChI=1S/C21H11Cl2F2NO4/c22-12-5-3-10(8-13(12)23)19(27)17-18(16-2-1-7-30-16)26(21(29)20(17)28)15-6-4-11(24)9-14(15)25/h1-9,18,27H/b19-17-. The minimum absolute atomic E-state index is 0.0968. The molecule has 1 atom stereocenters. The molecule has 0 aliphatic carbocycles. The van der Waals surface area contributed by atoms with Crippen LogP contribution in [0, 0.1) is 11.6 Å². The summed E-state index contributed by atoms with van der Waals surface area (Å²) in [5.74, 6) is -4.52. The fourth-order valence-electron chi connectivity index (χ4n) is 3.27. The van der Waals surface area contributed by atoms with E-state index in [9.17, 15) is 23.5 Å². The third-order valence-corrected chi connectivity index (χ3v) is 5.36. The lowest BCUT2D eigenvalue weighted by Crippen LogP contribution is -2.30. The highest BCUT2D eigenvalue weighted by molar-refractivity contribution is 6.51. The number of amides is 1. The first kappa shape index (κ1) is 20.1. The third-order valence-electron chi connectivity index (χ3n) is 4.62. The molecule has 1 unspecified atom stereocenters. The van der Waals surface area contributed by atoms with Gasteiger partial charge in [-0.2, -0.15) is 0 Å². The SMILES string of the molecule is O=C1C(=O)N(c2ccc(F)cc2F)C(c2ccco2)/C1=C(/O)c1ccc(Cl)c(Cl)c1. The summed E-state index contributed by atoms with van der Waals surface area (Å²) in [6.45, 7) is 0. The molecule has 1 fully saturated rings. The van der Waals surface area contributed by atoms with Crippen molar-refractivity contribution in [3.8, 4) is 0 Å². The maximum absolute atomic E-state index is 14.5. The fourth-order valence-corrected chi connectivity index (χ4v) is 3.57. The Bertz CT molecular complexity index is 1210. The summed E-state index contributed by atoms with van der Waals surface area (Å²) in [5.41, 5.74) is -0.552. The van der Waals surface area contributed by atoms with Gasteiger partial charge in [-0.1, -0.05) is 23.2 Å². The average molecular weight is 450 g/mol. The molecule has 2 aromatic carbocycles. The second-order valence-electron chi connectivity index (χ2n) is 6.41. The van der Waals surface area contributed by atoms with E-state index in [-0.39, 0.29) is 32.6 Å². The molecule has 1 aliphatic heterocycles. The zero-order chi connectivity index (χ0) is 21.6. The Hall–Kier alpha value is -3.16. The van der Waals surface area contributed by atoms with Crippen molar-refractivity contribution in [2.24, 2.45) is 0 Å². The molecule has 30 heavy (non-hydrogen) atoms. The molecule has 152 valence electrons. The number of aliphatic hydroxyl groups excluding tert-OH is 1. The molecule has 1 aliphatic rings. The minimum atomic E-state index is -1.28. The van der Waals surface area contributed by atoms with Gasteiger partial charge in [0.15, 0.2) is 0 Å². The summed E-state index contributed by atoms with van der Waals surface area (Å²) in [4.78, 5) is 26.4. The molecular weight excluding hydrogens is 439 g/mol. The van der Waals surface area contributed by atoms with Crippen molar-refractivity contribution in [1.29, 1.82) is 0 Å². The van der Waals surface area contributed by atoms with Crippen LogP contribution in [0.3, 0.4) is 0 Å². The van der Waals surface area contributed by atoms with E-state index in [4.69, 9.17) is 27.6 Å². The number of furan rings is 1. The highest BCUT2D eigenvalue weighted by Gasteiger charge is 2.49. The molecule has 4 rings (SSSR count). The highest BCUT2D eigenvalue weighted by atomic mass is 35.5. The average Bonchev–Trinajstić information content (AvgIpc) is 3.31. The predicted octanol–water partition coefficient (Wildman–Crippen LogP) is 5.49. The smallest absolute Gasteiger partial charge is 0.300 e. The van der Waals surface area contributed by atoms with Crippen LogP contribution in [0.1, 0.15) is 17.4 Å². The van der Waals surface area contributed by atoms with Crippen molar-refractivity contribution in [3.63, 3.8) is 0 Å². The number of aliphatic hydroxyl groups is 1. The molecule has 0 bridgehead atoms. The van der Waals surface area contributed by atoms with Crippen LogP contribution in [0.4, 0.5) is 14.5 Å². The van der Waals surface area contributed by atoms with E-state index in [0.29, 0.717) is 6.07 Å². The van der Waals surface area contributed by atoms with Crippen LogP contribution in [-0.4, -0.2) is 16.8 Å². The maximum Gasteiger partial charge on any atom is 0.300 e. The summed E-state index contributed by atoms with van der Waals surface area (Å²) < 4.78 is 33.2. The summed E-state index contributed by atoms with van der Waals surface area (Å²) >= 11 is 11.9. The Morgan fingerprint density at radius 2 is 1.80 bits per heavy atom. The first-order valence-corrected chi connectivity index (χ1v) is 9.30. The molecule has 2 heterocycles. The quantitative estimate of drug-likeness (QED) is 0.326. The van der Waals surface area contributed by atoms with Gasteiger partial charge in [0.05, 0.1) is 27.6 Å². The van der Waals surface area contributed by atoms with Crippen molar-refractivity contribution < 1.29 is 27.9 Å². The molecule has 5 nitrogen and oxygen atoms in total. The van der Waals surface area contributed by atoms with Gasteiger partial charge in [-0.15, -0.1) is 0 Å². The number of rotatable bonds is 3. The zero-order valence-electron chi connectivity index (χ0n) is 14.9. The maximum atomic E-state index is 14.5. The summed E-state index contributed by atoms with van der Waals surface area (Å²) in [5, 5.41) is 11.2. The van der Waals surface area contributed by atoms with Crippen LogP contribution in [0.2, 0.25) is 10.0 Å². The molecule has 0 radical (unpaired) electrons. The lowest BCUT2D eigenvalue weighted by Gasteiger charge is -2.23. The number of benzene rings is 2. The van der Waals surface area contributed by atoms with Gasteiger partial charge < -0.3 is 9.52 Å². The summed E-state index contributed by atoms with van der Waals surface area (Å²) in [6, 6.07) is 8.42. The van der Waals surface area contributed by atoms with Crippen LogP contribution < -0.4 is 4.90 Å². The van der Waals surface area contributed by atoms with Crippen molar-refractivity contribution in [1.82, 2.24) is 0 Å². The molecule has 1 saturated heterocycles.